The van der Waals surface area contributed by atoms with E-state index < -0.39 is 5.97 Å². The lowest BCUT2D eigenvalue weighted by atomic mass is 10.00. The maximum absolute atomic E-state index is 11.2. The van der Waals surface area contributed by atoms with Gasteiger partial charge in [-0.25, -0.2) is 4.79 Å². The number of aromatic nitrogens is 1. The lowest BCUT2D eigenvalue weighted by Crippen LogP contribution is -1.96. The summed E-state index contributed by atoms with van der Waals surface area (Å²) in [4.78, 5) is 15.6. The Morgan fingerprint density at radius 1 is 0.818 bits per heavy atom. The summed E-state index contributed by atoms with van der Waals surface area (Å²) in [5, 5.41) is 9.92. The van der Waals surface area contributed by atoms with Crippen LogP contribution in [0.3, 0.4) is 0 Å². The molecule has 162 valence electrons. The van der Waals surface area contributed by atoms with Crippen LogP contribution < -0.4 is 4.74 Å². The fourth-order valence-electron chi connectivity index (χ4n) is 3.47. The van der Waals surface area contributed by atoms with Crippen molar-refractivity contribution in [2.24, 2.45) is 0 Å². The van der Waals surface area contributed by atoms with Crippen LogP contribution in [-0.2, 0) is 0 Å². The van der Waals surface area contributed by atoms with Crippen molar-refractivity contribution in [2.75, 3.05) is 0 Å². The topological polar surface area (TPSA) is 72.6 Å². The second-order valence-electron chi connectivity index (χ2n) is 7.28. The molecule has 0 saturated heterocycles. The summed E-state index contributed by atoms with van der Waals surface area (Å²) in [5.41, 5.74) is 4.99. The Bertz CT molecular complexity index is 1480. The molecule has 5 aromatic rings. The van der Waals surface area contributed by atoms with Gasteiger partial charge in [-0.1, -0.05) is 77.8 Å². The summed E-state index contributed by atoms with van der Waals surface area (Å²) < 4.78 is 11.3. The van der Waals surface area contributed by atoms with Crippen LogP contribution >= 0.6 is 23.2 Å². The van der Waals surface area contributed by atoms with Gasteiger partial charge in [-0.3, -0.25) is 0 Å². The molecule has 0 fully saturated rings. The molecule has 0 saturated carbocycles. The standard InChI is InChI=1S/C26H15Cl2NO4/c27-20-11-10-18(25(30)31)12-23(20)32-26-29-22-13-19(21(28)14-24(22)33-26)17-8-6-16(7-9-17)15-4-2-1-3-5-15/h1-14H,(H,30,31). The number of ether oxygens (including phenoxy) is 1. The van der Waals surface area contributed by atoms with Gasteiger partial charge >= 0.3 is 12.0 Å². The molecule has 0 unspecified atom stereocenters. The summed E-state index contributed by atoms with van der Waals surface area (Å²) in [7, 11) is 0. The Morgan fingerprint density at radius 3 is 2.24 bits per heavy atom. The molecule has 1 N–H and O–H groups in total. The Labute approximate surface area is 198 Å². The summed E-state index contributed by atoms with van der Waals surface area (Å²) in [6, 6.07) is 25.8. The SMILES string of the molecule is O=C(O)c1ccc(Cl)c(Oc2nc3cc(-c4ccc(-c5ccccc5)cc4)c(Cl)cc3o2)c1. The van der Waals surface area contributed by atoms with Crippen molar-refractivity contribution in [1.82, 2.24) is 4.98 Å². The molecule has 0 aliphatic rings. The number of carbonyl (C=O) groups is 1. The molecule has 1 aromatic heterocycles. The maximum Gasteiger partial charge on any atom is 0.400 e. The molecule has 0 radical (unpaired) electrons. The molecular weight excluding hydrogens is 461 g/mol. The van der Waals surface area contributed by atoms with Crippen LogP contribution in [0.1, 0.15) is 10.4 Å². The molecule has 0 amide bonds. The molecule has 4 aromatic carbocycles. The highest BCUT2D eigenvalue weighted by Gasteiger charge is 2.15. The molecular formula is C26H15Cl2NO4. The number of halogens is 2. The van der Waals surface area contributed by atoms with Gasteiger partial charge in [0.2, 0.25) is 0 Å². The Hall–Kier alpha value is -3.80. The van der Waals surface area contributed by atoms with Crippen molar-refractivity contribution in [3.05, 3.63) is 101 Å². The van der Waals surface area contributed by atoms with Gasteiger partial charge in [0.25, 0.3) is 0 Å². The van der Waals surface area contributed by atoms with Crippen LogP contribution in [0.5, 0.6) is 11.8 Å². The van der Waals surface area contributed by atoms with E-state index in [-0.39, 0.29) is 22.4 Å². The first kappa shape index (κ1) is 21.1. The van der Waals surface area contributed by atoms with E-state index in [1.807, 2.05) is 48.5 Å². The summed E-state index contributed by atoms with van der Waals surface area (Å²) in [5.74, 6) is -0.963. The Kier molecular flexibility index (Phi) is 5.50. The highest BCUT2D eigenvalue weighted by Crippen LogP contribution is 2.36. The number of nitrogens with zero attached hydrogens (tertiary/aromatic N) is 1. The third-order valence-electron chi connectivity index (χ3n) is 5.14. The fourth-order valence-corrected chi connectivity index (χ4v) is 3.89. The van der Waals surface area contributed by atoms with Gasteiger partial charge in [-0.05, 0) is 41.0 Å². The van der Waals surface area contributed by atoms with Crippen LogP contribution in [0.4, 0.5) is 0 Å². The first-order chi connectivity index (χ1) is 16.0. The van der Waals surface area contributed by atoms with Crippen LogP contribution in [0, 0.1) is 0 Å². The number of oxazole rings is 1. The smallest absolute Gasteiger partial charge is 0.400 e. The average molecular weight is 476 g/mol. The van der Waals surface area contributed by atoms with Crippen molar-refractivity contribution in [2.45, 2.75) is 0 Å². The van der Waals surface area contributed by atoms with E-state index in [2.05, 4.69) is 17.1 Å². The number of rotatable bonds is 5. The molecule has 0 spiro atoms. The minimum absolute atomic E-state index is 0.0368. The highest BCUT2D eigenvalue weighted by atomic mass is 35.5. The van der Waals surface area contributed by atoms with Gasteiger partial charge in [0.1, 0.15) is 5.52 Å². The van der Waals surface area contributed by atoms with Gasteiger partial charge in [0, 0.05) is 11.6 Å². The van der Waals surface area contributed by atoms with Crippen LogP contribution in [0.25, 0.3) is 33.4 Å². The second kappa shape index (κ2) is 8.62. The quantitative estimate of drug-likeness (QED) is 0.279. The number of fused-ring (bicyclic) bond motifs is 1. The van der Waals surface area contributed by atoms with Gasteiger partial charge in [-0.15, -0.1) is 0 Å². The number of carboxylic acids is 1. The summed E-state index contributed by atoms with van der Waals surface area (Å²) in [6.07, 6.45) is -0.0675. The molecule has 0 atom stereocenters. The number of benzene rings is 4. The molecule has 33 heavy (non-hydrogen) atoms. The fraction of sp³-hybridized carbons (Fsp3) is 0. The van der Waals surface area contributed by atoms with Crippen LogP contribution in [-0.4, -0.2) is 16.1 Å². The average Bonchev–Trinajstić information content (AvgIpc) is 3.21. The van der Waals surface area contributed by atoms with Gasteiger partial charge in [0.15, 0.2) is 11.3 Å². The predicted octanol–water partition coefficient (Wildman–Crippen LogP) is 7.96. The molecule has 7 heteroatoms. The minimum atomic E-state index is -1.09. The van der Waals surface area contributed by atoms with E-state index >= 15 is 0 Å². The third kappa shape index (κ3) is 4.29. The zero-order valence-corrected chi connectivity index (χ0v) is 18.5. The summed E-state index contributed by atoms with van der Waals surface area (Å²) >= 11 is 12.7. The number of carboxylic acid groups (broad SMARTS) is 1. The first-order valence-corrected chi connectivity index (χ1v) is 10.7. The van der Waals surface area contributed by atoms with Gasteiger partial charge in [-0.2, -0.15) is 4.98 Å². The number of hydrogen-bond acceptors (Lipinski definition) is 4. The number of hydrogen-bond donors (Lipinski definition) is 1. The molecule has 0 aliphatic heterocycles. The largest absolute Gasteiger partial charge is 0.478 e. The van der Waals surface area contributed by atoms with Crippen molar-refractivity contribution >= 4 is 40.3 Å². The lowest BCUT2D eigenvalue weighted by molar-refractivity contribution is 0.0696. The maximum atomic E-state index is 11.2. The highest BCUT2D eigenvalue weighted by molar-refractivity contribution is 6.34. The Morgan fingerprint density at radius 2 is 1.52 bits per heavy atom. The normalized spacial score (nSPS) is 11.0. The predicted molar refractivity (Wildman–Crippen MR) is 128 cm³/mol. The lowest BCUT2D eigenvalue weighted by Gasteiger charge is -2.06. The molecule has 5 nitrogen and oxygen atoms in total. The van der Waals surface area contributed by atoms with Gasteiger partial charge in [0.05, 0.1) is 15.6 Å². The number of aromatic carboxylic acids is 1. The third-order valence-corrected chi connectivity index (χ3v) is 5.76. The summed E-state index contributed by atoms with van der Waals surface area (Å²) in [6.45, 7) is 0. The van der Waals surface area contributed by atoms with Crippen molar-refractivity contribution < 1.29 is 19.1 Å². The minimum Gasteiger partial charge on any atom is -0.478 e. The second-order valence-corrected chi connectivity index (χ2v) is 8.09. The monoisotopic (exact) mass is 475 g/mol. The van der Waals surface area contributed by atoms with E-state index in [9.17, 15) is 9.90 Å². The van der Waals surface area contributed by atoms with Crippen molar-refractivity contribution in [1.29, 1.82) is 0 Å². The van der Waals surface area contributed by atoms with E-state index in [0.717, 1.165) is 22.3 Å². The molecule has 0 aliphatic carbocycles. The van der Waals surface area contributed by atoms with Gasteiger partial charge < -0.3 is 14.3 Å². The Balaban J connectivity index is 1.46. The van der Waals surface area contributed by atoms with E-state index in [0.29, 0.717) is 16.1 Å². The van der Waals surface area contributed by atoms with E-state index in [1.165, 1.54) is 18.2 Å². The zero-order chi connectivity index (χ0) is 22.9. The van der Waals surface area contributed by atoms with Crippen molar-refractivity contribution in [3.8, 4) is 34.1 Å². The van der Waals surface area contributed by atoms with Crippen LogP contribution in [0.15, 0.2) is 89.3 Å². The molecule has 5 rings (SSSR count). The van der Waals surface area contributed by atoms with E-state index in [4.69, 9.17) is 32.4 Å². The van der Waals surface area contributed by atoms with E-state index in [1.54, 1.807) is 6.07 Å². The molecule has 1 heterocycles. The van der Waals surface area contributed by atoms with Crippen molar-refractivity contribution in [3.63, 3.8) is 0 Å². The molecule has 0 bridgehead atoms. The van der Waals surface area contributed by atoms with Crippen LogP contribution in [0.2, 0.25) is 10.0 Å². The zero-order valence-electron chi connectivity index (χ0n) is 17.0. The first-order valence-electron chi connectivity index (χ1n) is 9.94.